The third-order valence-electron chi connectivity index (χ3n) is 2.11. The SMILES string of the molecule is Nc1cc(Br)c(F)cc1Sc1ccccc1Cl. The predicted octanol–water partition coefficient (Wildman–Crippen LogP) is 4.98. The number of hydrogen-bond donors (Lipinski definition) is 1. The average molecular weight is 333 g/mol. The van der Waals surface area contributed by atoms with Crippen molar-refractivity contribution in [2.75, 3.05) is 5.73 Å². The van der Waals surface area contributed by atoms with Gasteiger partial charge in [-0.15, -0.1) is 0 Å². The first-order valence-corrected chi connectivity index (χ1v) is 6.73. The molecule has 0 atom stereocenters. The molecule has 1 nitrogen and oxygen atoms in total. The highest BCUT2D eigenvalue weighted by atomic mass is 79.9. The normalized spacial score (nSPS) is 10.5. The number of nitrogens with two attached hydrogens (primary N) is 1. The number of benzene rings is 2. The van der Waals surface area contributed by atoms with E-state index in [2.05, 4.69) is 15.9 Å². The van der Waals surface area contributed by atoms with Crippen LogP contribution in [0.5, 0.6) is 0 Å². The molecule has 0 aromatic heterocycles. The van der Waals surface area contributed by atoms with Crippen molar-refractivity contribution in [3.63, 3.8) is 0 Å². The van der Waals surface area contributed by atoms with Crippen LogP contribution in [-0.2, 0) is 0 Å². The molecular weight excluding hydrogens is 325 g/mol. The molecule has 0 amide bonds. The fourth-order valence-electron chi connectivity index (χ4n) is 1.28. The van der Waals surface area contributed by atoms with E-state index in [1.807, 2.05) is 18.2 Å². The van der Waals surface area contributed by atoms with Crippen molar-refractivity contribution >= 4 is 45.0 Å². The number of hydrogen-bond acceptors (Lipinski definition) is 2. The van der Waals surface area contributed by atoms with Crippen molar-refractivity contribution in [1.82, 2.24) is 0 Å². The molecule has 17 heavy (non-hydrogen) atoms. The van der Waals surface area contributed by atoms with Gasteiger partial charge in [0.1, 0.15) is 5.82 Å². The molecule has 0 saturated heterocycles. The van der Waals surface area contributed by atoms with Crippen molar-refractivity contribution in [1.29, 1.82) is 0 Å². The lowest BCUT2D eigenvalue weighted by molar-refractivity contribution is 0.618. The zero-order chi connectivity index (χ0) is 12.4. The molecule has 2 aromatic rings. The van der Waals surface area contributed by atoms with Crippen LogP contribution in [0.4, 0.5) is 10.1 Å². The molecule has 0 fully saturated rings. The summed E-state index contributed by atoms with van der Waals surface area (Å²) in [5.41, 5.74) is 6.34. The van der Waals surface area contributed by atoms with E-state index in [1.54, 1.807) is 12.1 Å². The summed E-state index contributed by atoms with van der Waals surface area (Å²) in [6.07, 6.45) is 0. The highest BCUT2D eigenvalue weighted by molar-refractivity contribution is 9.10. The van der Waals surface area contributed by atoms with Crippen molar-refractivity contribution in [2.45, 2.75) is 9.79 Å². The maximum Gasteiger partial charge on any atom is 0.138 e. The Morgan fingerprint density at radius 1 is 1.18 bits per heavy atom. The second-order valence-corrected chi connectivity index (χ2v) is 5.68. The molecule has 0 unspecified atom stereocenters. The maximum absolute atomic E-state index is 13.4. The summed E-state index contributed by atoms with van der Waals surface area (Å²) in [7, 11) is 0. The molecule has 0 heterocycles. The highest BCUT2D eigenvalue weighted by Crippen LogP contribution is 2.37. The molecule has 0 saturated carbocycles. The predicted molar refractivity (Wildman–Crippen MR) is 74.1 cm³/mol. The van der Waals surface area contributed by atoms with Gasteiger partial charge in [-0.1, -0.05) is 35.5 Å². The Kier molecular flexibility index (Phi) is 3.97. The molecule has 2 aromatic carbocycles. The second kappa shape index (κ2) is 5.29. The van der Waals surface area contributed by atoms with Crippen LogP contribution in [0.3, 0.4) is 0 Å². The van der Waals surface area contributed by atoms with Crippen LogP contribution in [0.2, 0.25) is 5.02 Å². The van der Waals surface area contributed by atoms with Crippen LogP contribution < -0.4 is 5.73 Å². The summed E-state index contributed by atoms with van der Waals surface area (Å²) in [5.74, 6) is -0.339. The molecule has 0 aliphatic carbocycles. The average Bonchev–Trinajstić information content (AvgIpc) is 2.29. The van der Waals surface area contributed by atoms with Crippen molar-refractivity contribution in [2.24, 2.45) is 0 Å². The van der Waals surface area contributed by atoms with E-state index >= 15 is 0 Å². The fourth-order valence-corrected chi connectivity index (χ4v) is 2.78. The lowest BCUT2D eigenvalue weighted by Crippen LogP contribution is -1.91. The molecule has 5 heteroatoms. The lowest BCUT2D eigenvalue weighted by Gasteiger charge is -2.08. The summed E-state index contributed by atoms with van der Waals surface area (Å²) >= 11 is 10.5. The van der Waals surface area contributed by atoms with E-state index in [0.717, 1.165) is 4.90 Å². The summed E-state index contributed by atoms with van der Waals surface area (Å²) in [6.45, 7) is 0. The van der Waals surface area contributed by atoms with Gasteiger partial charge in [0.25, 0.3) is 0 Å². The van der Waals surface area contributed by atoms with E-state index in [-0.39, 0.29) is 5.82 Å². The third-order valence-corrected chi connectivity index (χ3v) is 4.31. The van der Waals surface area contributed by atoms with Gasteiger partial charge in [-0.3, -0.25) is 0 Å². The molecule has 2 N–H and O–H groups in total. The molecule has 0 spiro atoms. The van der Waals surface area contributed by atoms with Crippen LogP contribution >= 0.6 is 39.3 Å². The third kappa shape index (κ3) is 2.94. The molecule has 0 radical (unpaired) electrons. The zero-order valence-corrected chi connectivity index (χ0v) is 11.7. The Bertz CT molecular complexity index is 562. The van der Waals surface area contributed by atoms with Gasteiger partial charge in [-0.25, -0.2) is 4.39 Å². The smallest absolute Gasteiger partial charge is 0.138 e. The quantitative estimate of drug-likeness (QED) is 0.785. The van der Waals surface area contributed by atoms with Crippen molar-refractivity contribution < 1.29 is 4.39 Å². The summed E-state index contributed by atoms with van der Waals surface area (Å²) in [5, 5.41) is 0.625. The molecule has 2 rings (SSSR count). The summed E-state index contributed by atoms with van der Waals surface area (Å²) in [6, 6.07) is 10.3. The van der Waals surface area contributed by atoms with Crippen LogP contribution in [0, 0.1) is 5.82 Å². The molecular formula is C12H8BrClFNS. The van der Waals surface area contributed by atoms with E-state index in [4.69, 9.17) is 17.3 Å². The van der Waals surface area contributed by atoms with Gasteiger partial charge in [-0.05, 0) is 40.2 Å². The Labute approximate surface area is 116 Å². The number of rotatable bonds is 2. The summed E-state index contributed by atoms with van der Waals surface area (Å²) < 4.78 is 13.8. The van der Waals surface area contributed by atoms with Gasteiger partial charge >= 0.3 is 0 Å². The summed E-state index contributed by atoms with van der Waals surface area (Å²) in [4.78, 5) is 1.50. The van der Waals surface area contributed by atoms with Crippen LogP contribution in [0.1, 0.15) is 0 Å². The van der Waals surface area contributed by atoms with Crippen LogP contribution in [0.15, 0.2) is 50.7 Å². The monoisotopic (exact) mass is 331 g/mol. The van der Waals surface area contributed by atoms with Gasteiger partial charge in [0.2, 0.25) is 0 Å². The first-order valence-electron chi connectivity index (χ1n) is 4.75. The lowest BCUT2D eigenvalue weighted by atomic mass is 10.3. The minimum Gasteiger partial charge on any atom is -0.398 e. The second-order valence-electron chi connectivity index (χ2n) is 3.34. The number of nitrogen functional groups attached to an aromatic ring is 1. The van der Waals surface area contributed by atoms with Gasteiger partial charge in [-0.2, -0.15) is 0 Å². The number of anilines is 1. The van der Waals surface area contributed by atoms with E-state index < -0.39 is 0 Å². The van der Waals surface area contributed by atoms with Gasteiger partial charge in [0, 0.05) is 15.5 Å². The van der Waals surface area contributed by atoms with Crippen molar-refractivity contribution in [3.05, 3.63) is 51.7 Å². The van der Waals surface area contributed by atoms with Crippen molar-refractivity contribution in [3.8, 4) is 0 Å². The molecule has 0 aliphatic heterocycles. The molecule has 0 bridgehead atoms. The Morgan fingerprint density at radius 2 is 1.88 bits per heavy atom. The first kappa shape index (κ1) is 12.7. The minimum absolute atomic E-state index is 0.339. The highest BCUT2D eigenvalue weighted by Gasteiger charge is 2.09. The van der Waals surface area contributed by atoms with Gasteiger partial charge in [0.05, 0.1) is 9.50 Å². The van der Waals surface area contributed by atoms with E-state index in [0.29, 0.717) is 20.1 Å². The Morgan fingerprint density at radius 3 is 2.59 bits per heavy atom. The fraction of sp³-hybridized carbons (Fsp3) is 0. The number of halogens is 3. The Balaban J connectivity index is 2.37. The molecule has 0 aliphatic rings. The van der Waals surface area contributed by atoms with E-state index in [1.165, 1.54) is 17.8 Å². The zero-order valence-electron chi connectivity index (χ0n) is 8.58. The van der Waals surface area contributed by atoms with E-state index in [9.17, 15) is 4.39 Å². The standard InChI is InChI=1S/C12H8BrClFNS/c13-7-5-10(16)12(6-9(7)15)17-11-4-2-1-3-8(11)14/h1-6H,16H2. The molecule has 88 valence electrons. The topological polar surface area (TPSA) is 26.0 Å². The van der Waals surface area contributed by atoms with Crippen LogP contribution in [-0.4, -0.2) is 0 Å². The largest absolute Gasteiger partial charge is 0.398 e. The first-order chi connectivity index (χ1) is 8.08. The Hall–Kier alpha value is -0.710. The maximum atomic E-state index is 13.4. The van der Waals surface area contributed by atoms with Gasteiger partial charge < -0.3 is 5.73 Å². The van der Waals surface area contributed by atoms with Gasteiger partial charge in [0.15, 0.2) is 0 Å². The minimum atomic E-state index is -0.339. The van der Waals surface area contributed by atoms with Crippen LogP contribution in [0.25, 0.3) is 0 Å².